The van der Waals surface area contributed by atoms with E-state index in [1.807, 2.05) is 31.2 Å². The van der Waals surface area contributed by atoms with Gasteiger partial charge in [-0.3, -0.25) is 4.79 Å². The molecular weight excluding hydrogens is 224 g/mol. The molecule has 0 saturated carbocycles. The molecule has 3 heteroatoms. The summed E-state index contributed by atoms with van der Waals surface area (Å²) >= 11 is 0. The molecule has 1 unspecified atom stereocenters. The monoisotopic (exact) mass is 248 g/mol. The first-order chi connectivity index (χ1) is 8.29. The molecule has 0 fully saturated rings. The molecule has 1 atom stereocenters. The molecule has 0 heterocycles. The van der Waals surface area contributed by atoms with E-state index in [1.54, 1.807) is 0 Å². The molecule has 100 valence electrons. The van der Waals surface area contributed by atoms with Crippen LogP contribution in [0.1, 0.15) is 44.4 Å². The maximum atomic E-state index is 11.9. The maximum absolute atomic E-state index is 11.9. The number of aryl methyl sites for hydroxylation is 1. The Kier molecular flexibility index (Phi) is 4.91. The Morgan fingerprint density at radius 1 is 1.28 bits per heavy atom. The van der Waals surface area contributed by atoms with Crippen LogP contribution in [0.2, 0.25) is 0 Å². The quantitative estimate of drug-likeness (QED) is 0.860. The molecule has 1 aromatic rings. The maximum Gasteiger partial charge on any atom is 0.241 e. The van der Waals surface area contributed by atoms with Crippen molar-refractivity contribution in [2.75, 3.05) is 6.54 Å². The number of benzene rings is 1. The van der Waals surface area contributed by atoms with Crippen LogP contribution in [0, 0.1) is 12.3 Å². The third-order valence-corrected chi connectivity index (χ3v) is 2.89. The van der Waals surface area contributed by atoms with Gasteiger partial charge in [0.2, 0.25) is 5.91 Å². The van der Waals surface area contributed by atoms with Crippen LogP contribution in [0.4, 0.5) is 0 Å². The number of hydrogen-bond acceptors (Lipinski definition) is 2. The predicted octanol–water partition coefficient (Wildman–Crippen LogP) is 2.55. The van der Waals surface area contributed by atoms with Crippen LogP contribution in [0.3, 0.4) is 0 Å². The van der Waals surface area contributed by atoms with E-state index in [2.05, 4.69) is 26.1 Å². The van der Waals surface area contributed by atoms with Gasteiger partial charge in [-0.1, -0.05) is 50.6 Å². The number of hydrogen-bond donors (Lipinski definition) is 2. The fourth-order valence-electron chi connectivity index (χ4n) is 1.60. The molecule has 0 saturated heterocycles. The highest BCUT2D eigenvalue weighted by atomic mass is 16.2. The zero-order valence-corrected chi connectivity index (χ0v) is 11.8. The number of amides is 1. The molecule has 0 aliphatic heterocycles. The van der Waals surface area contributed by atoms with Crippen molar-refractivity contribution in [2.45, 2.75) is 40.2 Å². The number of carbonyl (C=O) groups is 1. The third kappa shape index (κ3) is 4.88. The van der Waals surface area contributed by atoms with Gasteiger partial charge in [-0.05, 0) is 24.3 Å². The number of nitrogens with one attached hydrogen (secondary N) is 1. The Bertz CT molecular complexity index is 390. The van der Waals surface area contributed by atoms with Gasteiger partial charge in [0.25, 0.3) is 0 Å². The van der Waals surface area contributed by atoms with Gasteiger partial charge in [0, 0.05) is 6.54 Å². The van der Waals surface area contributed by atoms with E-state index in [4.69, 9.17) is 5.73 Å². The van der Waals surface area contributed by atoms with E-state index in [0.29, 0.717) is 6.54 Å². The Morgan fingerprint density at radius 3 is 2.33 bits per heavy atom. The van der Waals surface area contributed by atoms with Gasteiger partial charge in [0.05, 0.1) is 0 Å². The molecule has 18 heavy (non-hydrogen) atoms. The van der Waals surface area contributed by atoms with E-state index in [0.717, 1.165) is 12.0 Å². The molecule has 0 aliphatic rings. The number of carbonyl (C=O) groups excluding carboxylic acids is 1. The van der Waals surface area contributed by atoms with Gasteiger partial charge < -0.3 is 11.1 Å². The van der Waals surface area contributed by atoms with E-state index < -0.39 is 6.04 Å². The van der Waals surface area contributed by atoms with Gasteiger partial charge in [-0.25, -0.2) is 0 Å². The highest BCUT2D eigenvalue weighted by Gasteiger charge is 2.16. The summed E-state index contributed by atoms with van der Waals surface area (Å²) in [5.41, 5.74) is 8.17. The van der Waals surface area contributed by atoms with Crippen LogP contribution in [0.5, 0.6) is 0 Å². The normalized spacial score (nSPS) is 13.2. The average Bonchev–Trinajstić information content (AvgIpc) is 2.27. The average molecular weight is 248 g/mol. The van der Waals surface area contributed by atoms with E-state index in [1.165, 1.54) is 5.56 Å². The lowest BCUT2D eigenvalue weighted by Crippen LogP contribution is -2.35. The van der Waals surface area contributed by atoms with Crippen molar-refractivity contribution in [3.8, 4) is 0 Å². The largest absolute Gasteiger partial charge is 0.354 e. The highest BCUT2D eigenvalue weighted by molar-refractivity contribution is 5.82. The molecule has 3 N–H and O–H groups in total. The van der Waals surface area contributed by atoms with Gasteiger partial charge in [-0.15, -0.1) is 0 Å². The van der Waals surface area contributed by atoms with Crippen molar-refractivity contribution in [3.63, 3.8) is 0 Å². The van der Waals surface area contributed by atoms with E-state index >= 15 is 0 Å². The molecule has 3 nitrogen and oxygen atoms in total. The first-order valence-electron chi connectivity index (χ1n) is 6.39. The van der Waals surface area contributed by atoms with Crippen LogP contribution < -0.4 is 11.1 Å². The van der Waals surface area contributed by atoms with Crippen molar-refractivity contribution >= 4 is 5.91 Å². The molecule has 1 rings (SSSR count). The van der Waals surface area contributed by atoms with Crippen molar-refractivity contribution in [1.29, 1.82) is 0 Å². The van der Waals surface area contributed by atoms with Crippen LogP contribution in [0.15, 0.2) is 24.3 Å². The minimum atomic E-state index is -0.578. The minimum absolute atomic E-state index is 0.108. The molecule has 0 aliphatic carbocycles. The SMILES string of the molecule is Cc1ccc(C(N)C(=O)NCCC(C)(C)C)cc1. The second kappa shape index (κ2) is 6.01. The summed E-state index contributed by atoms with van der Waals surface area (Å²) < 4.78 is 0. The summed E-state index contributed by atoms with van der Waals surface area (Å²) in [6, 6.07) is 7.17. The van der Waals surface area contributed by atoms with Crippen molar-refractivity contribution in [1.82, 2.24) is 5.32 Å². The summed E-state index contributed by atoms with van der Waals surface area (Å²) in [4.78, 5) is 11.9. The molecule has 0 spiro atoms. The number of rotatable bonds is 4. The molecule has 1 amide bonds. The van der Waals surface area contributed by atoms with Gasteiger partial charge in [0.15, 0.2) is 0 Å². The second-order valence-electron chi connectivity index (χ2n) is 5.99. The first kappa shape index (κ1) is 14.7. The van der Waals surface area contributed by atoms with Gasteiger partial charge in [0.1, 0.15) is 6.04 Å². The number of nitrogens with two attached hydrogens (primary N) is 1. The van der Waals surface area contributed by atoms with Crippen LogP contribution >= 0.6 is 0 Å². The lowest BCUT2D eigenvalue weighted by molar-refractivity contribution is -0.122. The van der Waals surface area contributed by atoms with Crippen molar-refractivity contribution in [3.05, 3.63) is 35.4 Å². The highest BCUT2D eigenvalue weighted by Crippen LogP contribution is 2.17. The van der Waals surface area contributed by atoms with Crippen LogP contribution in [-0.2, 0) is 4.79 Å². The van der Waals surface area contributed by atoms with Crippen LogP contribution in [-0.4, -0.2) is 12.5 Å². The molecule has 0 aromatic heterocycles. The van der Waals surface area contributed by atoms with Crippen molar-refractivity contribution < 1.29 is 4.79 Å². The zero-order valence-electron chi connectivity index (χ0n) is 11.8. The van der Waals surface area contributed by atoms with E-state index in [9.17, 15) is 4.79 Å². The van der Waals surface area contributed by atoms with Gasteiger partial charge >= 0.3 is 0 Å². The van der Waals surface area contributed by atoms with Crippen LogP contribution in [0.25, 0.3) is 0 Å². The fraction of sp³-hybridized carbons (Fsp3) is 0.533. The topological polar surface area (TPSA) is 55.1 Å². The summed E-state index contributed by atoms with van der Waals surface area (Å²) in [6.45, 7) is 9.14. The standard InChI is InChI=1S/C15H24N2O/c1-11-5-7-12(8-6-11)13(16)14(18)17-10-9-15(2,3)4/h5-8,13H,9-10,16H2,1-4H3,(H,17,18). The lowest BCUT2D eigenvalue weighted by Gasteiger charge is -2.19. The second-order valence-corrected chi connectivity index (χ2v) is 5.99. The Labute approximate surface area is 110 Å². The third-order valence-electron chi connectivity index (χ3n) is 2.89. The minimum Gasteiger partial charge on any atom is -0.354 e. The van der Waals surface area contributed by atoms with Crippen molar-refractivity contribution in [2.24, 2.45) is 11.1 Å². The molecular formula is C15H24N2O. The lowest BCUT2D eigenvalue weighted by atomic mass is 9.92. The molecule has 0 radical (unpaired) electrons. The first-order valence-corrected chi connectivity index (χ1v) is 6.39. The fourth-order valence-corrected chi connectivity index (χ4v) is 1.60. The Balaban J connectivity index is 2.49. The predicted molar refractivity (Wildman–Crippen MR) is 75.2 cm³/mol. The smallest absolute Gasteiger partial charge is 0.241 e. The molecule has 1 aromatic carbocycles. The van der Waals surface area contributed by atoms with E-state index in [-0.39, 0.29) is 11.3 Å². The Morgan fingerprint density at radius 2 is 1.83 bits per heavy atom. The zero-order chi connectivity index (χ0) is 13.8. The summed E-state index contributed by atoms with van der Waals surface area (Å²) in [5, 5.41) is 2.89. The Hall–Kier alpha value is -1.35. The summed E-state index contributed by atoms with van der Waals surface area (Å²) in [6.07, 6.45) is 0.944. The van der Waals surface area contributed by atoms with Gasteiger partial charge in [-0.2, -0.15) is 0 Å². The summed E-state index contributed by atoms with van der Waals surface area (Å²) in [5.74, 6) is -0.108. The summed E-state index contributed by atoms with van der Waals surface area (Å²) in [7, 11) is 0. The molecule has 0 bridgehead atoms.